The monoisotopic (exact) mass is 376 g/mol. The highest BCUT2D eigenvalue weighted by molar-refractivity contribution is 7.07. The molecule has 27 heavy (non-hydrogen) atoms. The third-order valence-corrected chi connectivity index (χ3v) is 5.69. The van der Waals surface area contributed by atoms with Crippen molar-refractivity contribution in [1.29, 1.82) is 0 Å². The molecule has 0 amide bonds. The number of thiophene rings is 1. The Hall–Kier alpha value is -2.54. The van der Waals surface area contributed by atoms with Crippen molar-refractivity contribution in [2.75, 3.05) is 19.7 Å². The fourth-order valence-corrected chi connectivity index (χ4v) is 4.27. The highest BCUT2D eigenvalue weighted by atomic mass is 32.1. The smallest absolute Gasteiger partial charge is 0.137 e. The van der Waals surface area contributed by atoms with E-state index in [4.69, 9.17) is 9.72 Å². The summed E-state index contributed by atoms with van der Waals surface area (Å²) in [7, 11) is 0. The molecule has 0 saturated carbocycles. The minimum atomic E-state index is 0.00238. The fourth-order valence-electron chi connectivity index (χ4n) is 3.61. The summed E-state index contributed by atoms with van der Waals surface area (Å²) in [4.78, 5) is 11.4. The molecule has 0 aromatic carbocycles. The molecule has 0 aliphatic carbocycles. The zero-order valence-corrected chi connectivity index (χ0v) is 15.7. The Kier molecular flexibility index (Phi) is 4.45. The average Bonchev–Trinajstić information content (AvgIpc) is 3.38. The second-order valence-corrected chi connectivity index (χ2v) is 7.55. The average molecular weight is 376 g/mol. The number of rotatable bonds is 4. The van der Waals surface area contributed by atoms with Gasteiger partial charge in [0.2, 0.25) is 0 Å². The van der Waals surface area contributed by atoms with E-state index in [2.05, 4.69) is 43.4 Å². The second-order valence-electron chi connectivity index (χ2n) is 6.77. The highest BCUT2D eigenvalue weighted by Crippen LogP contribution is 2.26. The Labute approximate surface area is 161 Å². The van der Waals surface area contributed by atoms with Crippen molar-refractivity contribution in [2.45, 2.75) is 12.6 Å². The second kappa shape index (κ2) is 7.23. The lowest BCUT2D eigenvalue weighted by molar-refractivity contribution is -0.0347. The molecular weight excluding hydrogens is 356 g/mol. The van der Waals surface area contributed by atoms with Crippen LogP contribution in [0.15, 0.2) is 65.7 Å². The van der Waals surface area contributed by atoms with Crippen LogP contribution in [0.1, 0.15) is 17.4 Å². The van der Waals surface area contributed by atoms with E-state index in [1.165, 1.54) is 5.56 Å². The number of nitrogens with zero attached hydrogens (tertiary/aromatic N) is 4. The van der Waals surface area contributed by atoms with Crippen molar-refractivity contribution in [1.82, 2.24) is 19.3 Å². The van der Waals surface area contributed by atoms with Gasteiger partial charge in [-0.25, -0.2) is 4.98 Å². The molecule has 1 aliphatic rings. The van der Waals surface area contributed by atoms with E-state index in [1.54, 1.807) is 11.3 Å². The molecule has 6 heteroatoms. The van der Waals surface area contributed by atoms with Gasteiger partial charge < -0.3 is 4.74 Å². The molecule has 136 valence electrons. The molecule has 4 aromatic heterocycles. The summed E-state index contributed by atoms with van der Waals surface area (Å²) in [5.41, 5.74) is 5.54. The maximum atomic E-state index is 6.06. The van der Waals surface area contributed by atoms with E-state index in [0.29, 0.717) is 0 Å². The molecule has 0 N–H and O–H groups in total. The Morgan fingerprint density at radius 2 is 2.07 bits per heavy atom. The molecule has 5 nitrogen and oxygen atoms in total. The van der Waals surface area contributed by atoms with Gasteiger partial charge in [0.15, 0.2) is 0 Å². The van der Waals surface area contributed by atoms with Gasteiger partial charge in [0.05, 0.1) is 18.0 Å². The molecular formula is C21H20N4OS. The van der Waals surface area contributed by atoms with Crippen molar-refractivity contribution in [3.63, 3.8) is 0 Å². The Bertz CT molecular complexity index is 1030. The van der Waals surface area contributed by atoms with Crippen LogP contribution in [0.25, 0.3) is 16.9 Å². The molecule has 1 atom stereocenters. The first kappa shape index (κ1) is 16.6. The van der Waals surface area contributed by atoms with E-state index in [-0.39, 0.29) is 6.10 Å². The molecule has 0 spiro atoms. The van der Waals surface area contributed by atoms with Gasteiger partial charge >= 0.3 is 0 Å². The summed E-state index contributed by atoms with van der Waals surface area (Å²) in [6, 6.07) is 12.4. The van der Waals surface area contributed by atoms with Crippen LogP contribution < -0.4 is 0 Å². The van der Waals surface area contributed by atoms with Gasteiger partial charge in [-0.15, -0.1) is 0 Å². The molecule has 1 fully saturated rings. The highest BCUT2D eigenvalue weighted by Gasteiger charge is 2.24. The normalized spacial score (nSPS) is 18.1. The zero-order valence-electron chi connectivity index (χ0n) is 14.9. The SMILES string of the molecule is c1cc(-c2ccncc2)n2cc([C@@H]3CN(Cc4ccsc4)CCO3)nc2c1. The Balaban J connectivity index is 1.43. The molecule has 1 saturated heterocycles. The fraction of sp³-hybridized carbons (Fsp3) is 0.238. The summed E-state index contributed by atoms with van der Waals surface area (Å²) in [5, 5.41) is 4.35. The number of morpholine rings is 1. The van der Waals surface area contributed by atoms with Crippen LogP contribution >= 0.6 is 11.3 Å². The van der Waals surface area contributed by atoms with Gasteiger partial charge in [0.1, 0.15) is 11.8 Å². The molecule has 5 heterocycles. The predicted octanol–water partition coefficient (Wildman–Crippen LogP) is 4.03. The van der Waals surface area contributed by atoms with Crippen LogP contribution in [-0.4, -0.2) is 39.0 Å². The number of fused-ring (bicyclic) bond motifs is 1. The first-order valence-electron chi connectivity index (χ1n) is 9.10. The largest absolute Gasteiger partial charge is 0.369 e. The Morgan fingerprint density at radius 1 is 1.15 bits per heavy atom. The summed E-state index contributed by atoms with van der Waals surface area (Å²) >= 11 is 1.75. The Morgan fingerprint density at radius 3 is 2.93 bits per heavy atom. The van der Waals surface area contributed by atoms with Gasteiger partial charge in [-0.1, -0.05) is 6.07 Å². The molecule has 4 aromatic rings. The molecule has 1 aliphatic heterocycles. The van der Waals surface area contributed by atoms with Crippen LogP contribution in [0.5, 0.6) is 0 Å². The standard InChI is InChI=1S/C21H20N4OS/c1-2-19(17-4-7-22-8-5-17)25-13-18(23-21(25)3-1)20-14-24(9-10-26-20)12-16-6-11-27-15-16/h1-8,11,13,15,20H,9-10,12,14H2/t20-/m0/s1. The number of imidazole rings is 1. The van der Waals surface area contributed by atoms with Gasteiger partial charge in [-0.3, -0.25) is 14.3 Å². The van der Waals surface area contributed by atoms with Gasteiger partial charge in [0.25, 0.3) is 0 Å². The first-order chi connectivity index (χ1) is 13.4. The minimum absolute atomic E-state index is 0.00238. The third-order valence-electron chi connectivity index (χ3n) is 4.95. The van der Waals surface area contributed by atoms with Crippen LogP contribution in [0.4, 0.5) is 0 Å². The van der Waals surface area contributed by atoms with Crippen molar-refractivity contribution in [3.05, 3.63) is 77.0 Å². The summed E-state index contributed by atoms with van der Waals surface area (Å²) in [5.74, 6) is 0. The first-order valence-corrected chi connectivity index (χ1v) is 10.0. The predicted molar refractivity (Wildman–Crippen MR) is 107 cm³/mol. The minimum Gasteiger partial charge on any atom is -0.369 e. The number of pyridine rings is 2. The molecule has 0 bridgehead atoms. The van der Waals surface area contributed by atoms with E-state index in [1.807, 2.05) is 36.7 Å². The number of ether oxygens (including phenoxy) is 1. The van der Waals surface area contributed by atoms with Crippen molar-refractivity contribution in [3.8, 4) is 11.3 Å². The lowest BCUT2D eigenvalue weighted by Crippen LogP contribution is -2.37. The summed E-state index contributed by atoms with van der Waals surface area (Å²) < 4.78 is 8.21. The van der Waals surface area contributed by atoms with Gasteiger partial charge in [-0.2, -0.15) is 11.3 Å². The van der Waals surface area contributed by atoms with Crippen LogP contribution in [0.3, 0.4) is 0 Å². The number of hydrogen-bond donors (Lipinski definition) is 0. The van der Waals surface area contributed by atoms with Crippen molar-refractivity contribution >= 4 is 17.0 Å². The van der Waals surface area contributed by atoms with E-state index in [9.17, 15) is 0 Å². The maximum absolute atomic E-state index is 6.06. The van der Waals surface area contributed by atoms with Crippen LogP contribution in [0.2, 0.25) is 0 Å². The quantitative estimate of drug-likeness (QED) is 0.539. The number of aromatic nitrogens is 3. The van der Waals surface area contributed by atoms with Gasteiger partial charge in [-0.05, 0) is 46.7 Å². The third kappa shape index (κ3) is 3.39. The number of hydrogen-bond acceptors (Lipinski definition) is 5. The molecule has 0 radical (unpaired) electrons. The lowest BCUT2D eigenvalue weighted by Gasteiger charge is -2.31. The van der Waals surface area contributed by atoms with Crippen molar-refractivity contribution < 1.29 is 4.74 Å². The van der Waals surface area contributed by atoms with Gasteiger partial charge in [0, 0.05) is 43.8 Å². The summed E-state index contributed by atoms with van der Waals surface area (Å²) in [6.07, 6.45) is 5.75. The molecule has 0 unspecified atom stereocenters. The van der Waals surface area contributed by atoms with Crippen LogP contribution in [-0.2, 0) is 11.3 Å². The van der Waals surface area contributed by atoms with E-state index >= 15 is 0 Å². The molecule has 5 rings (SSSR count). The lowest BCUT2D eigenvalue weighted by atomic mass is 10.2. The zero-order chi connectivity index (χ0) is 18.1. The van der Waals surface area contributed by atoms with Crippen molar-refractivity contribution in [2.24, 2.45) is 0 Å². The maximum Gasteiger partial charge on any atom is 0.137 e. The van der Waals surface area contributed by atoms with Crippen LogP contribution in [0, 0.1) is 0 Å². The van der Waals surface area contributed by atoms with E-state index < -0.39 is 0 Å². The summed E-state index contributed by atoms with van der Waals surface area (Å²) in [6.45, 7) is 3.53. The topological polar surface area (TPSA) is 42.7 Å². The van der Waals surface area contributed by atoms with E-state index in [0.717, 1.165) is 48.8 Å².